The summed E-state index contributed by atoms with van der Waals surface area (Å²) in [6, 6.07) is 0. The first-order valence-corrected chi connectivity index (χ1v) is 7.38. The molecule has 2 rings (SSSR count). The van der Waals surface area contributed by atoms with Gasteiger partial charge in [-0.1, -0.05) is 33.1 Å². The van der Waals surface area contributed by atoms with Crippen LogP contribution in [0.3, 0.4) is 0 Å². The minimum absolute atomic E-state index is 0.848. The Kier molecular flexibility index (Phi) is 5.17. The van der Waals surface area contributed by atoms with E-state index in [0.717, 1.165) is 43.7 Å². The summed E-state index contributed by atoms with van der Waals surface area (Å²) in [7, 11) is 0. The van der Waals surface area contributed by atoms with Gasteiger partial charge in [0, 0.05) is 6.54 Å². The Bertz CT molecular complexity index is 347. The number of hydrogen-bond donors (Lipinski definition) is 1. The molecule has 18 heavy (non-hydrogen) atoms. The highest BCUT2D eigenvalue weighted by atomic mass is 15.3. The third-order valence-corrected chi connectivity index (χ3v) is 4.11. The Labute approximate surface area is 110 Å². The van der Waals surface area contributed by atoms with Gasteiger partial charge in [-0.2, -0.15) is 5.10 Å². The molecule has 4 heteroatoms. The van der Waals surface area contributed by atoms with E-state index in [-0.39, 0.29) is 0 Å². The first-order valence-electron chi connectivity index (χ1n) is 7.38. The molecule has 1 aromatic rings. The zero-order valence-electron chi connectivity index (χ0n) is 11.7. The van der Waals surface area contributed by atoms with E-state index in [2.05, 4.69) is 29.2 Å². The summed E-state index contributed by atoms with van der Waals surface area (Å²) < 4.78 is 2.01. The normalized spacial score (nSPS) is 24.3. The van der Waals surface area contributed by atoms with Gasteiger partial charge in [0.1, 0.15) is 12.2 Å². The number of aryl methyl sites for hydroxylation is 1. The van der Waals surface area contributed by atoms with Gasteiger partial charge in [0.05, 0.1) is 6.54 Å². The number of rotatable bonds is 6. The Hall–Kier alpha value is -0.900. The molecule has 2 atom stereocenters. The van der Waals surface area contributed by atoms with Crippen LogP contribution in [0.2, 0.25) is 0 Å². The molecule has 4 nitrogen and oxygen atoms in total. The van der Waals surface area contributed by atoms with E-state index < -0.39 is 0 Å². The monoisotopic (exact) mass is 250 g/mol. The molecule has 0 radical (unpaired) electrons. The summed E-state index contributed by atoms with van der Waals surface area (Å²) in [6.45, 7) is 7.51. The number of nitrogens with one attached hydrogen (secondary N) is 1. The zero-order chi connectivity index (χ0) is 12.8. The second kappa shape index (κ2) is 6.88. The van der Waals surface area contributed by atoms with E-state index in [1.807, 2.05) is 4.68 Å². The predicted molar refractivity (Wildman–Crippen MR) is 73.1 cm³/mol. The van der Waals surface area contributed by atoms with Gasteiger partial charge in [0.25, 0.3) is 0 Å². The number of hydrogen-bond acceptors (Lipinski definition) is 3. The van der Waals surface area contributed by atoms with Gasteiger partial charge in [-0.3, -0.25) is 0 Å². The van der Waals surface area contributed by atoms with Crippen LogP contribution in [-0.4, -0.2) is 21.3 Å². The molecule has 0 spiro atoms. The highest BCUT2D eigenvalue weighted by Crippen LogP contribution is 2.28. The lowest BCUT2D eigenvalue weighted by atomic mass is 9.80. The highest BCUT2D eigenvalue weighted by molar-refractivity contribution is 4.84. The minimum atomic E-state index is 0.848. The van der Waals surface area contributed by atoms with Crippen molar-refractivity contribution in [1.82, 2.24) is 20.1 Å². The molecule has 102 valence electrons. The van der Waals surface area contributed by atoms with Gasteiger partial charge in [-0.15, -0.1) is 0 Å². The molecular weight excluding hydrogens is 224 g/mol. The van der Waals surface area contributed by atoms with Crippen molar-refractivity contribution >= 4 is 0 Å². The van der Waals surface area contributed by atoms with Crippen molar-refractivity contribution in [3.8, 4) is 0 Å². The van der Waals surface area contributed by atoms with Crippen molar-refractivity contribution < 1.29 is 0 Å². The van der Waals surface area contributed by atoms with Gasteiger partial charge in [-0.25, -0.2) is 9.67 Å². The lowest BCUT2D eigenvalue weighted by Gasteiger charge is -2.28. The summed E-state index contributed by atoms with van der Waals surface area (Å²) in [4.78, 5) is 4.33. The quantitative estimate of drug-likeness (QED) is 0.844. The molecule has 0 aliphatic heterocycles. The SMILES string of the molecule is CCCn1ncnc1CNCC1CCCCC1C. The molecule has 1 saturated carbocycles. The molecule has 2 unspecified atom stereocenters. The van der Waals surface area contributed by atoms with Crippen molar-refractivity contribution in [3.05, 3.63) is 12.2 Å². The molecule has 1 aromatic heterocycles. The Balaban J connectivity index is 1.75. The lowest BCUT2D eigenvalue weighted by Crippen LogP contribution is -2.30. The van der Waals surface area contributed by atoms with Gasteiger partial charge in [0.2, 0.25) is 0 Å². The fraction of sp³-hybridized carbons (Fsp3) is 0.857. The first-order chi connectivity index (χ1) is 8.81. The standard InChI is InChI=1S/C14H26N4/c1-3-8-18-14(16-11-17-18)10-15-9-13-7-5-4-6-12(13)2/h11-13,15H,3-10H2,1-2H3. The molecule has 1 N–H and O–H groups in total. The topological polar surface area (TPSA) is 42.7 Å². The van der Waals surface area contributed by atoms with Crippen LogP contribution in [0.25, 0.3) is 0 Å². The third-order valence-electron chi connectivity index (χ3n) is 4.11. The molecule has 0 aromatic carbocycles. The van der Waals surface area contributed by atoms with E-state index in [1.165, 1.54) is 25.7 Å². The summed E-state index contributed by atoms with van der Waals surface area (Å²) in [5.41, 5.74) is 0. The fourth-order valence-electron chi connectivity index (χ4n) is 2.89. The van der Waals surface area contributed by atoms with E-state index in [0.29, 0.717) is 0 Å². The molecule has 1 fully saturated rings. The van der Waals surface area contributed by atoms with Gasteiger partial charge < -0.3 is 5.32 Å². The molecular formula is C14H26N4. The molecule has 1 aliphatic carbocycles. The van der Waals surface area contributed by atoms with Crippen molar-refractivity contribution in [2.75, 3.05) is 6.54 Å². The second-order valence-corrected chi connectivity index (χ2v) is 5.55. The van der Waals surface area contributed by atoms with Crippen molar-refractivity contribution in [1.29, 1.82) is 0 Å². The molecule has 1 aliphatic rings. The average Bonchev–Trinajstić information content (AvgIpc) is 2.80. The molecule has 0 bridgehead atoms. The summed E-state index contributed by atoms with van der Waals surface area (Å²) in [5.74, 6) is 2.79. The van der Waals surface area contributed by atoms with Crippen LogP contribution in [0.5, 0.6) is 0 Å². The van der Waals surface area contributed by atoms with Gasteiger partial charge >= 0.3 is 0 Å². The van der Waals surface area contributed by atoms with Crippen molar-refractivity contribution in [3.63, 3.8) is 0 Å². The fourth-order valence-corrected chi connectivity index (χ4v) is 2.89. The van der Waals surface area contributed by atoms with Crippen LogP contribution in [0, 0.1) is 11.8 Å². The van der Waals surface area contributed by atoms with Crippen LogP contribution < -0.4 is 5.32 Å². The van der Waals surface area contributed by atoms with Gasteiger partial charge in [0.15, 0.2) is 0 Å². The largest absolute Gasteiger partial charge is 0.310 e. The van der Waals surface area contributed by atoms with Crippen LogP contribution >= 0.6 is 0 Å². The Morgan fingerprint density at radius 2 is 2.22 bits per heavy atom. The maximum atomic E-state index is 4.33. The minimum Gasteiger partial charge on any atom is -0.310 e. The Morgan fingerprint density at radius 3 is 3.00 bits per heavy atom. The van der Waals surface area contributed by atoms with E-state index >= 15 is 0 Å². The summed E-state index contributed by atoms with van der Waals surface area (Å²) in [6.07, 6.45) is 8.38. The van der Waals surface area contributed by atoms with Crippen LogP contribution in [0.15, 0.2) is 6.33 Å². The number of nitrogens with zero attached hydrogens (tertiary/aromatic N) is 3. The maximum absolute atomic E-state index is 4.33. The summed E-state index contributed by atoms with van der Waals surface area (Å²) >= 11 is 0. The smallest absolute Gasteiger partial charge is 0.140 e. The van der Waals surface area contributed by atoms with E-state index in [4.69, 9.17) is 0 Å². The maximum Gasteiger partial charge on any atom is 0.140 e. The highest BCUT2D eigenvalue weighted by Gasteiger charge is 2.20. The van der Waals surface area contributed by atoms with Crippen molar-refractivity contribution in [2.45, 2.75) is 59.0 Å². The molecule has 0 saturated heterocycles. The van der Waals surface area contributed by atoms with Gasteiger partial charge in [-0.05, 0) is 31.2 Å². The van der Waals surface area contributed by atoms with Crippen LogP contribution in [0.1, 0.15) is 51.8 Å². The average molecular weight is 250 g/mol. The van der Waals surface area contributed by atoms with E-state index in [9.17, 15) is 0 Å². The second-order valence-electron chi connectivity index (χ2n) is 5.55. The summed E-state index contributed by atoms with van der Waals surface area (Å²) in [5, 5.41) is 7.82. The van der Waals surface area contributed by atoms with Crippen molar-refractivity contribution in [2.24, 2.45) is 11.8 Å². The van der Waals surface area contributed by atoms with Crippen LogP contribution in [-0.2, 0) is 13.1 Å². The molecule has 1 heterocycles. The third kappa shape index (κ3) is 3.55. The predicted octanol–water partition coefficient (Wildman–Crippen LogP) is 2.60. The number of aromatic nitrogens is 3. The van der Waals surface area contributed by atoms with Crippen LogP contribution in [0.4, 0.5) is 0 Å². The zero-order valence-corrected chi connectivity index (χ0v) is 11.7. The first kappa shape index (κ1) is 13.5. The Morgan fingerprint density at radius 1 is 1.39 bits per heavy atom. The lowest BCUT2D eigenvalue weighted by molar-refractivity contribution is 0.246. The van der Waals surface area contributed by atoms with E-state index in [1.54, 1.807) is 6.33 Å². The molecule has 0 amide bonds.